The number of benzene rings is 1. The molecule has 19 heavy (non-hydrogen) atoms. The van der Waals surface area contributed by atoms with Gasteiger partial charge in [0.05, 0.1) is 6.61 Å². The van der Waals surface area contributed by atoms with Crippen molar-refractivity contribution in [3.05, 3.63) is 29.8 Å². The fourth-order valence-electron chi connectivity index (χ4n) is 4.75. The van der Waals surface area contributed by atoms with Crippen molar-refractivity contribution in [2.45, 2.75) is 26.2 Å². The van der Waals surface area contributed by atoms with Crippen molar-refractivity contribution in [2.24, 2.45) is 29.6 Å². The molecule has 0 aliphatic heterocycles. The second-order valence-electron chi connectivity index (χ2n) is 6.34. The van der Waals surface area contributed by atoms with E-state index < -0.39 is 0 Å². The maximum atomic E-state index is 12.6. The minimum absolute atomic E-state index is 0.351. The molecule has 0 amide bonds. The zero-order chi connectivity index (χ0) is 13.0. The molecule has 100 valence electrons. The van der Waals surface area contributed by atoms with Gasteiger partial charge in [-0.05, 0) is 74.1 Å². The molecule has 4 rings (SSSR count). The van der Waals surface area contributed by atoms with Crippen LogP contribution in [0.3, 0.4) is 0 Å². The highest BCUT2D eigenvalue weighted by atomic mass is 16.5. The van der Waals surface area contributed by atoms with Crippen molar-refractivity contribution in [2.75, 3.05) is 6.61 Å². The maximum absolute atomic E-state index is 12.6. The van der Waals surface area contributed by atoms with E-state index in [1.807, 2.05) is 31.2 Å². The van der Waals surface area contributed by atoms with Gasteiger partial charge in [0, 0.05) is 11.5 Å². The Morgan fingerprint density at radius 2 is 1.79 bits per heavy atom. The van der Waals surface area contributed by atoms with Crippen molar-refractivity contribution >= 4 is 5.78 Å². The monoisotopic (exact) mass is 256 g/mol. The normalized spacial score (nSPS) is 38.1. The van der Waals surface area contributed by atoms with Crippen LogP contribution >= 0.6 is 0 Å². The summed E-state index contributed by atoms with van der Waals surface area (Å²) in [5.74, 6) is 4.79. The van der Waals surface area contributed by atoms with Crippen LogP contribution in [-0.4, -0.2) is 12.4 Å². The largest absolute Gasteiger partial charge is 0.494 e. The Labute approximate surface area is 114 Å². The molecule has 4 atom stereocenters. The highest BCUT2D eigenvalue weighted by Crippen LogP contribution is 2.69. The molecule has 4 unspecified atom stereocenters. The van der Waals surface area contributed by atoms with Gasteiger partial charge >= 0.3 is 0 Å². The van der Waals surface area contributed by atoms with Gasteiger partial charge in [-0.3, -0.25) is 4.79 Å². The van der Waals surface area contributed by atoms with Crippen LogP contribution in [0.5, 0.6) is 5.75 Å². The molecule has 2 bridgehead atoms. The number of carbonyl (C=O) groups is 1. The van der Waals surface area contributed by atoms with Crippen LogP contribution in [-0.2, 0) is 0 Å². The van der Waals surface area contributed by atoms with Crippen LogP contribution in [0.2, 0.25) is 0 Å². The summed E-state index contributed by atoms with van der Waals surface area (Å²) >= 11 is 0. The van der Waals surface area contributed by atoms with Gasteiger partial charge in [0.2, 0.25) is 0 Å². The first-order valence-corrected chi connectivity index (χ1v) is 7.56. The van der Waals surface area contributed by atoms with Gasteiger partial charge in [-0.25, -0.2) is 0 Å². The molecule has 0 saturated heterocycles. The minimum atomic E-state index is 0.351. The maximum Gasteiger partial charge on any atom is 0.166 e. The summed E-state index contributed by atoms with van der Waals surface area (Å²) < 4.78 is 5.42. The SMILES string of the molecule is CCOc1ccc(C(=O)C2C3C4CCC(C4)C23)cc1. The molecular formula is C17H20O2. The summed E-state index contributed by atoms with van der Waals surface area (Å²) in [7, 11) is 0. The average molecular weight is 256 g/mol. The van der Waals surface area contributed by atoms with Crippen molar-refractivity contribution in [3.63, 3.8) is 0 Å². The second kappa shape index (κ2) is 4.09. The number of hydrogen-bond acceptors (Lipinski definition) is 2. The summed E-state index contributed by atoms with van der Waals surface area (Å²) in [5.41, 5.74) is 0.877. The van der Waals surface area contributed by atoms with Crippen LogP contribution in [0.4, 0.5) is 0 Å². The zero-order valence-corrected chi connectivity index (χ0v) is 11.3. The van der Waals surface area contributed by atoms with Gasteiger partial charge < -0.3 is 4.74 Å². The molecule has 0 heterocycles. The third-order valence-electron chi connectivity index (χ3n) is 5.49. The van der Waals surface area contributed by atoms with E-state index in [4.69, 9.17) is 4.74 Å². The quantitative estimate of drug-likeness (QED) is 0.770. The first-order valence-electron chi connectivity index (χ1n) is 7.56. The summed E-state index contributed by atoms with van der Waals surface area (Å²) in [6.45, 7) is 2.64. The lowest BCUT2D eigenvalue weighted by Crippen LogP contribution is -2.10. The molecule has 2 nitrogen and oxygen atoms in total. The first-order chi connectivity index (χ1) is 9.29. The fraction of sp³-hybridized carbons (Fsp3) is 0.588. The van der Waals surface area contributed by atoms with Crippen molar-refractivity contribution < 1.29 is 9.53 Å². The second-order valence-corrected chi connectivity index (χ2v) is 6.34. The molecular weight excluding hydrogens is 236 g/mol. The third-order valence-corrected chi connectivity index (χ3v) is 5.49. The molecule has 0 aromatic heterocycles. The molecule has 1 aromatic rings. The summed E-state index contributed by atoms with van der Waals surface area (Å²) in [6.07, 6.45) is 4.15. The third kappa shape index (κ3) is 1.65. The lowest BCUT2D eigenvalue weighted by atomic mass is 9.96. The lowest BCUT2D eigenvalue weighted by Gasteiger charge is -2.08. The Morgan fingerprint density at radius 3 is 2.37 bits per heavy atom. The van der Waals surface area contributed by atoms with E-state index >= 15 is 0 Å². The first kappa shape index (κ1) is 11.5. The Hall–Kier alpha value is -1.31. The molecule has 3 aliphatic rings. The Morgan fingerprint density at radius 1 is 1.16 bits per heavy atom. The lowest BCUT2D eigenvalue weighted by molar-refractivity contribution is 0.0944. The van der Waals surface area contributed by atoms with E-state index in [1.54, 1.807) is 0 Å². The van der Waals surface area contributed by atoms with Crippen molar-refractivity contribution in [1.29, 1.82) is 0 Å². The average Bonchev–Trinajstić information content (AvgIpc) is 2.87. The van der Waals surface area contributed by atoms with E-state index in [1.165, 1.54) is 19.3 Å². The molecule has 2 heteroatoms. The van der Waals surface area contributed by atoms with Gasteiger partial charge in [0.25, 0.3) is 0 Å². The number of carbonyl (C=O) groups excluding carboxylic acids is 1. The predicted molar refractivity (Wildman–Crippen MR) is 73.2 cm³/mol. The van der Waals surface area contributed by atoms with Crippen molar-refractivity contribution in [1.82, 2.24) is 0 Å². The van der Waals surface area contributed by atoms with E-state index in [0.717, 1.165) is 35.0 Å². The number of ether oxygens (including phenoxy) is 1. The minimum Gasteiger partial charge on any atom is -0.494 e. The highest BCUT2D eigenvalue weighted by Gasteiger charge is 2.67. The van der Waals surface area contributed by atoms with E-state index in [9.17, 15) is 4.79 Å². The summed E-state index contributed by atoms with van der Waals surface area (Å²) in [6, 6.07) is 7.71. The Balaban J connectivity index is 1.50. The topological polar surface area (TPSA) is 26.3 Å². The summed E-state index contributed by atoms with van der Waals surface area (Å²) in [5, 5.41) is 0. The molecule has 3 aliphatic carbocycles. The van der Waals surface area contributed by atoms with Crippen LogP contribution in [0.1, 0.15) is 36.5 Å². The van der Waals surface area contributed by atoms with Gasteiger partial charge in [-0.15, -0.1) is 0 Å². The standard InChI is InChI=1S/C17H20O2/c1-2-19-13-7-5-10(6-8-13)17(18)16-14-11-3-4-12(9-11)15(14)16/h5-8,11-12,14-16H,2-4,9H2,1H3. The van der Waals surface area contributed by atoms with Gasteiger partial charge in [-0.1, -0.05) is 0 Å². The molecule has 1 aromatic carbocycles. The Bertz CT molecular complexity index is 488. The Kier molecular flexibility index (Phi) is 2.48. The summed E-state index contributed by atoms with van der Waals surface area (Å²) in [4.78, 5) is 12.6. The van der Waals surface area contributed by atoms with Crippen LogP contribution in [0.15, 0.2) is 24.3 Å². The van der Waals surface area contributed by atoms with Gasteiger partial charge in [-0.2, -0.15) is 0 Å². The molecule has 0 radical (unpaired) electrons. The fourth-order valence-corrected chi connectivity index (χ4v) is 4.75. The smallest absolute Gasteiger partial charge is 0.166 e. The molecule has 0 spiro atoms. The van der Waals surface area contributed by atoms with E-state index in [-0.39, 0.29) is 0 Å². The highest BCUT2D eigenvalue weighted by molar-refractivity contribution is 6.00. The number of Topliss-reactive ketones (excluding diaryl/α,β-unsaturated/α-hetero) is 1. The van der Waals surface area contributed by atoms with E-state index in [0.29, 0.717) is 18.3 Å². The number of rotatable bonds is 4. The molecule has 3 fully saturated rings. The molecule has 3 saturated carbocycles. The van der Waals surface area contributed by atoms with Crippen molar-refractivity contribution in [3.8, 4) is 5.75 Å². The van der Waals surface area contributed by atoms with Gasteiger partial charge in [0.15, 0.2) is 5.78 Å². The molecule has 0 N–H and O–H groups in total. The number of hydrogen-bond donors (Lipinski definition) is 0. The van der Waals surface area contributed by atoms with Crippen LogP contribution < -0.4 is 4.74 Å². The van der Waals surface area contributed by atoms with E-state index in [2.05, 4.69) is 0 Å². The van der Waals surface area contributed by atoms with Crippen LogP contribution in [0, 0.1) is 29.6 Å². The van der Waals surface area contributed by atoms with Crippen LogP contribution in [0.25, 0.3) is 0 Å². The number of ketones is 1. The van der Waals surface area contributed by atoms with Gasteiger partial charge in [0.1, 0.15) is 5.75 Å². The number of fused-ring (bicyclic) bond motifs is 5. The predicted octanol–water partition coefficient (Wildman–Crippen LogP) is 3.56. The zero-order valence-electron chi connectivity index (χ0n) is 11.3.